The number of rotatable bonds is 4. The van der Waals surface area contributed by atoms with Gasteiger partial charge in [-0.2, -0.15) is 0 Å². The molecule has 0 aliphatic carbocycles. The molecule has 1 rings (SSSR count). The lowest BCUT2D eigenvalue weighted by Gasteiger charge is -2.05. The maximum atomic E-state index is 11.3. The fraction of sp³-hybridized carbons (Fsp3) is 0.455. The zero-order valence-corrected chi connectivity index (χ0v) is 10.5. The third-order valence-corrected chi connectivity index (χ3v) is 2.63. The van der Waals surface area contributed by atoms with Crippen LogP contribution in [0.15, 0.2) is 24.5 Å². The zero-order valence-electron chi connectivity index (χ0n) is 8.94. The van der Waals surface area contributed by atoms with Crippen molar-refractivity contribution in [3.63, 3.8) is 0 Å². The number of nitrogens with zero attached hydrogens (tertiary/aromatic N) is 1. The van der Waals surface area contributed by atoms with Gasteiger partial charge in [-0.1, -0.05) is 15.9 Å². The fourth-order valence-electron chi connectivity index (χ4n) is 1.15. The van der Waals surface area contributed by atoms with Crippen molar-refractivity contribution in [3.05, 3.63) is 30.1 Å². The molecule has 1 atom stereocenters. The number of carbonyl (C=O) groups excluding carboxylic acids is 1. The molecular formula is C11H15BrNO2+. The molecule has 0 fully saturated rings. The summed E-state index contributed by atoms with van der Waals surface area (Å²) >= 11 is 3.30. The highest BCUT2D eigenvalue weighted by molar-refractivity contribution is 9.10. The first-order chi connectivity index (χ1) is 7.13. The predicted octanol–water partition coefficient (Wildman–Crippen LogP) is 1.61. The van der Waals surface area contributed by atoms with Gasteiger partial charge in [0.2, 0.25) is 0 Å². The number of hydrogen-bond donors (Lipinski definition) is 0. The third-order valence-electron chi connectivity index (χ3n) is 1.97. The summed E-state index contributed by atoms with van der Waals surface area (Å²) in [7, 11) is 0. The van der Waals surface area contributed by atoms with Crippen LogP contribution in [0, 0.1) is 6.92 Å². The van der Waals surface area contributed by atoms with Crippen LogP contribution in [-0.2, 0) is 16.1 Å². The van der Waals surface area contributed by atoms with Crippen LogP contribution in [0.25, 0.3) is 0 Å². The number of halogens is 1. The highest BCUT2D eigenvalue weighted by Gasteiger charge is 2.20. The van der Waals surface area contributed by atoms with Gasteiger partial charge in [-0.15, -0.1) is 0 Å². The van der Waals surface area contributed by atoms with Crippen molar-refractivity contribution in [3.8, 4) is 0 Å². The Bertz CT molecular complexity index is 324. The SMILES string of the molecule is CCOC(=O)C(Br)C[n+]1ccc(C)cc1. The second-order valence-corrected chi connectivity index (χ2v) is 4.40. The summed E-state index contributed by atoms with van der Waals surface area (Å²) in [6.45, 7) is 4.83. The Balaban J connectivity index is 2.54. The quantitative estimate of drug-likeness (QED) is 0.474. The molecule has 0 aliphatic rings. The Labute approximate surface area is 98.2 Å². The van der Waals surface area contributed by atoms with Gasteiger partial charge in [0.25, 0.3) is 0 Å². The number of pyridine rings is 1. The van der Waals surface area contributed by atoms with E-state index in [0.29, 0.717) is 13.2 Å². The Hall–Kier alpha value is -0.900. The number of aromatic nitrogens is 1. The molecular weight excluding hydrogens is 258 g/mol. The molecule has 0 saturated heterocycles. The van der Waals surface area contributed by atoms with E-state index in [1.54, 1.807) is 6.92 Å². The van der Waals surface area contributed by atoms with Gasteiger partial charge in [-0.25, -0.2) is 4.57 Å². The molecule has 15 heavy (non-hydrogen) atoms. The molecule has 0 aromatic carbocycles. The number of aryl methyl sites for hydroxylation is 1. The van der Waals surface area contributed by atoms with Gasteiger partial charge in [-0.05, 0) is 19.4 Å². The maximum Gasteiger partial charge on any atom is 0.326 e. The molecule has 82 valence electrons. The van der Waals surface area contributed by atoms with Crippen LogP contribution in [-0.4, -0.2) is 17.4 Å². The summed E-state index contributed by atoms with van der Waals surface area (Å²) in [6.07, 6.45) is 3.89. The van der Waals surface area contributed by atoms with Crippen molar-refractivity contribution in [1.29, 1.82) is 0 Å². The number of ether oxygens (including phenoxy) is 1. The van der Waals surface area contributed by atoms with E-state index in [-0.39, 0.29) is 10.8 Å². The fourth-order valence-corrected chi connectivity index (χ4v) is 1.61. The Morgan fingerprint density at radius 3 is 2.67 bits per heavy atom. The van der Waals surface area contributed by atoms with Gasteiger partial charge >= 0.3 is 5.97 Å². The number of alkyl halides is 1. The molecule has 3 nitrogen and oxygen atoms in total. The lowest BCUT2D eigenvalue weighted by Crippen LogP contribution is -2.40. The second kappa shape index (κ2) is 5.85. The molecule has 1 aromatic heterocycles. The first kappa shape index (κ1) is 12.2. The van der Waals surface area contributed by atoms with Gasteiger partial charge in [-0.3, -0.25) is 4.79 Å². The van der Waals surface area contributed by atoms with Gasteiger partial charge < -0.3 is 4.74 Å². The Kier molecular flexibility index (Phi) is 4.75. The van der Waals surface area contributed by atoms with Gasteiger partial charge in [0.15, 0.2) is 23.8 Å². The van der Waals surface area contributed by atoms with Crippen molar-refractivity contribution < 1.29 is 14.1 Å². The zero-order chi connectivity index (χ0) is 11.3. The Morgan fingerprint density at radius 1 is 1.53 bits per heavy atom. The van der Waals surface area contributed by atoms with E-state index in [2.05, 4.69) is 15.9 Å². The topological polar surface area (TPSA) is 30.2 Å². The average molecular weight is 273 g/mol. The first-order valence-electron chi connectivity index (χ1n) is 4.90. The summed E-state index contributed by atoms with van der Waals surface area (Å²) in [5.74, 6) is -0.217. The van der Waals surface area contributed by atoms with E-state index >= 15 is 0 Å². The van der Waals surface area contributed by atoms with E-state index in [9.17, 15) is 4.79 Å². The van der Waals surface area contributed by atoms with E-state index in [4.69, 9.17) is 4.74 Å². The predicted molar refractivity (Wildman–Crippen MR) is 60.7 cm³/mol. The van der Waals surface area contributed by atoms with Crippen LogP contribution in [0.5, 0.6) is 0 Å². The molecule has 1 aromatic rings. The van der Waals surface area contributed by atoms with Crippen molar-refractivity contribution >= 4 is 21.9 Å². The second-order valence-electron chi connectivity index (χ2n) is 3.29. The van der Waals surface area contributed by atoms with Crippen molar-refractivity contribution in [1.82, 2.24) is 0 Å². The van der Waals surface area contributed by atoms with Gasteiger partial charge in [0.05, 0.1) is 6.61 Å². The monoisotopic (exact) mass is 272 g/mol. The standard InChI is InChI=1S/C11H15BrNO2/c1-3-15-11(14)10(12)8-13-6-4-9(2)5-7-13/h4-7,10H,3,8H2,1-2H3/q+1. The van der Waals surface area contributed by atoms with Gasteiger partial charge in [0.1, 0.15) is 0 Å². The summed E-state index contributed by atoms with van der Waals surface area (Å²) in [5, 5.41) is 0. The minimum Gasteiger partial charge on any atom is -0.465 e. The Morgan fingerprint density at radius 2 is 2.13 bits per heavy atom. The summed E-state index contributed by atoms with van der Waals surface area (Å²) < 4.78 is 6.85. The van der Waals surface area contributed by atoms with Gasteiger partial charge in [0, 0.05) is 12.1 Å². The molecule has 0 radical (unpaired) electrons. The molecule has 4 heteroatoms. The van der Waals surface area contributed by atoms with E-state index < -0.39 is 0 Å². The van der Waals surface area contributed by atoms with Crippen molar-refractivity contribution in [2.75, 3.05) is 6.61 Å². The summed E-state index contributed by atoms with van der Waals surface area (Å²) in [4.78, 5) is 11.0. The first-order valence-corrected chi connectivity index (χ1v) is 5.81. The van der Waals surface area contributed by atoms with E-state index in [1.807, 2.05) is 36.0 Å². The highest BCUT2D eigenvalue weighted by atomic mass is 79.9. The summed E-state index contributed by atoms with van der Waals surface area (Å²) in [5.41, 5.74) is 1.20. The summed E-state index contributed by atoms with van der Waals surface area (Å²) in [6, 6.07) is 4.01. The van der Waals surface area contributed by atoms with Crippen molar-refractivity contribution in [2.24, 2.45) is 0 Å². The largest absolute Gasteiger partial charge is 0.465 e. The molecule has 1 unspecified atom stereocenters. The molecule has 0 aliphatic heterocycles. The molecule has 1 heterocycles. The average Bonchev–Trinajstić information content (AvgIpc) is 2.22. The number of hydrogen-bond acceptors (Lipinski definition) is 2. The van der Waals surface area contributed by atoms with Crippen LogP contribution in [0.3, 0.4) is 0 Å². The van der Waals surface area contributed by atoms with Crippen molar-refractivity contribution in [2.45, 2.75) is 25.2 Å². The smallest absolute Gasteiger partial charge is 0.326 e. The minimum absolute atomic E-state index is 0.217. The third kappa shape index (κ3) is 4.00. The molecule has 0 amide bonds. The van der Waals surface area contributed by atoms with Crippen LogP contribution < -0.4 is 4.57 Å². The lowest BCUT2D eigenvalue weighted by atomic mass is 10.3. The van der Waals surface area contributed by atoms with Crippen LogP contribution in [0.4, 0.5) is 0 Å². The van der Waals surface area contributed by atoms with E-state index in [1.165, 1.54) is 5.56 Å². The number of esters is 1. The minimum atomic E-state index is -0.287. The van der Waals surface area contributed by atoms with Crippen LogP contribution in [0.2, 0.25) is 0 Å². The molecule has 0 saturated carbocycles. The highest BCUT2D eigenvalue weighted by Crippen LogP contribution is 2.02. The molecule has 0 bridgehead atoms. The van der Waals surface area contributed by atoms with Crippen LogP contribution in [0.1, 0.15) is 12.5 Å². The molecule has 0 spiro atoms. The van der Waals surface area contributed by atoms with E-state index in [0.717, 1.165) is 0 Å². The number of carbonyl (C=O) groups is 1. The molecule has 0 N–H and O–H groups in total. The normalized spacial score (nSPS) is 12.2. The van der Waals surface area contributed by atoms with Crippen LogP contribution >= 0.6 is 15.9 Å². The maximum absolute atomic E-state index is 11.3. The lowest BCUT2D eigenvalue weighted by molar-refractivity contribution is -0.694.